The summed E-state index contributed by atoms with van der Waals surface area (Å²) in [6.45, 7) is 3.24. The Labute approximate surface area is 173 Å². The van der Waals surface area contributed by atoms with Crippen molar-refractivity contribution >= 4 is 17.4 Å². The average Bonchev–Trinajstić information content (AvgIpc) is 3.42. The highest BCUT2D eigenvalue weighted by Gasteiger charge is 2.40. The molecule has 1 unspecified atom stereocenters. The first kappa shape index (κ1) is 18.6. The highest BCUT2D eigenvalue weighted by molar-refractivity contribution is 6.33. The van der Waals surface area contributed by atoms with Crippen molar-refractivity contribution in [2.75, 3.05) is 18.4 Å². The Morgan fingerprint density at radius 1 is 1.10 bits per heavy atom. The number of hydrogen-bond donors (Lipinski definition) is 1. The first-order valence-electron chi connectivity index (χ1n) is 9.93. The van der Waals surface area contributed by atoms with E-state index in [9.17, 15) is 4.39 Å². The van der Waals surface area contributed by atoms with Gasteiger partial charge < -0.3 is 9.73 Å². The largest absolute Gasteiger partial charge is 0.472 e. The fourth-order valence-corrected chi connectivity index (χ4v) is 4.96. The summed E-state index contributed by atoms with van der Waals surface area (Å²) in [6.07, 6.45) is 5.86. The molecule has 1 aliphatic carbocycles. The smallest absolute Gasteiger partial charge is 0.148 e. The number of nitrogens with one attached hydrogen (secondary N) is 1. The SMILES string of the molecule is Fc1ccc(Cl)c(-c2ccc(N[C@@H]3CC4CN(Cc5ccoc5)C[C@H]4C3)nn2)c1. The van der Waals surface area contributed by atoms with Crippen LogP contribution in [0.2, 0.25) is 5.02 Å². The van der Waals surface area contributed by atoms with Crippen molar-refractivity contribution in [3.63, 3.8) is 0 Å². The molecule has 7 heteroatoms. The zero-order valence-corrected chi connectivity index (χ0v) is 16.6. The van der Waals surface area contributed by atoms with E-state index in [1.54, 1.807) is 6.26 Å². The van der Waals surface area contributed by atoms with E-state index in [1.807, 2.05) is 24.5 Å². The minimum absolute atomic E-state index is 0.340. The van der Waals surface area contributed by atoms with Crippen LogP contribution in [0.5, 0.6) is 0 Å². The van der Waals surface area contributed by atoms with Crippen LogP contribution < -0.4 is 5.32 Å². The molecule has 5 rings (SSSR count). The Morgan fingerprint density at radius 3 is 2.62 bits per heavy atom. The molecule has 3 atom stereocenters. The van der Waals surface area contributed by atoms with E-state index in [2.05, 4.69) is 20.4 Å². The van der Waals surface area contributed by atoms with Gasteiger partial charge >= 0.3 is 0 Å². The van der Waals surface area contributed by atoms with E-state index >= 15 is 0 Å². The molecular weight excluding hydrogens is 391 g/mol. The fraction of sp³-hybridized carbons (Fsp3) is 0.364. The lowest BCUT2D eigenvalue weighted by Gasteiger charge is -2.19. The van der Waals surface area contributed by atoms with Crippen LogP contribution in [0.4, 0.5) is 10.2 Å². The molecule has 1 N–H and O–H groups in total. The summed E-state index contributed by atoms with van der Waals surface area (Å²) < 4.78 is 18.7. The summed E-state index contributed by atoms with van der Waals surface area (Å²) in [6, 6.07) is 10.4. The van der Waals surface area contributed by atoms with Crippen LogP contribution >= 0.6 is 11.6 Å². The topological polar surface area (TPSA) is 54.2 Å². The van der Waals surface area contributed by atoms with Gasteiger partial charge in [-0.05, 0) is 61.1 Å². The van der Waals surface area contributed by atoms with Gasteiger partial charge in [-0.1, -0.05) is 11.6 Å². The van der Waals surface area contributed by atoms with Crippen molar-refractivity contribution in [2.24, 2.45) is 11.8 Å². The van der Waals surface area contributed by atoms with Crippen LogP contribution in [0.3, 0.4) is 0 Å². The van der Waals surface area contributed by atoms with Gasteiger partial charge in [0, 0.05) is 36.8 Å². The van der Waals surface area contributed by atoms with E-state index in [0.717, 1.165) is 50.1 Å². The summed E-state index contributed by atoms with van der Waals surface area (Å²) >= 11 is 6.16. The number of aromatic nitrogens is 2. The van der Waals surface area contributed by atoms with Gasteiger partial charge in [0.15, 0.2) is 0 Å². The van der Waals surface area contributed by atoms with Crippen LogP contribution in [0, 0.1) is 17.7 Å². The Kier molecular flexibility index (Phi) is 4.97. The molecule has 2 aliphatic rings. The van der Waals surface area contributed by atoms with E-state index < -0.39 is 0 Å². The Balaban J connectivity index is 1.18. The fourth-order valence-electron chi connectivity index (χ4n) is 4.74. The van der Waals surface area contributed by atoms with Gasteiger partial charge in [0.1, 0.15) is 11.6 Å². The number of rotatable bonds is 5. The van der Waals surface area contributed by atoms with Gasteiger partial charge in [-0.25, -0.2) is 4.39 Å². The van der Waals surface area contributed by atoms with E-state index in [0.29, 0.717) is 22.3 Å². The number of hydrogen-bond acceptors (Lipinski definition) is 5. The van der Waals surface area contributed by atoms with Crippen molar-refractivity contribution in [1.82, 2.24) is 15.1 Å². The average molecular weight is 413 g/mol. The number of likely N-dealkylation sites (tertiary alicyclic amines) is 1. The van der Waals surface area contributed by atoms with Gasteiger partial charge in [-0.15, -0.1) is 10.2 Å². The normalized spacial score (nSPS) is 24.0. The number of furan rings is 1. The van der Waals surface area contributed by atoms with E-state index in [-0.39, 0.29) is 5.82 Å². The molecule has 3 aromatic rings. The van der Waals surface area contributed by atoms with Crippen LogP contribution in [-0.2, 0) is 6.54 Å². The van der Waals surface area contributed by atoms with Crippen LogP contribution in [0.15, 0.2) is 53.3 Å². The van der Waals surface area contributed by atoms with Crippen molar-refractivity contribution in [3.05, 3.63) is 65.3 Å². The Morgan fingerprint density at radius 2 is 1.93 bits per heavy atom. The van der Waals surface area contributed by atoms with Crippen LogP contribution in [0.25, 0.3) is 11.3 Å². The van der Waals surface area contributed by atoms with Crippen molar-refractivity contribution in [2.45, 2.75) is 25.4 Å². The number of fused-ring (bicyclic) bond motifs is 1. The third-order valence-electron chi connectivity index (χ3n) is 6.03. The molecule has 0 radical (unpaired) electrons. The molecule has 2 aromatic heterocycles. The molecule has 0 amide bonds. The Bertz CT molecular complexity index is 965. The van der Waals surface area contributed by atoms with E-state index in [4.69, 9.17) is 16.0 Å². The second-order valence-corrected chi connectivity index (χ2v) is 8.49. The van der Waals surface area contributed by atoms with Gasteiger partial charge in [-0.3, -0.25) is 4.90 Å². The number of anilines is 1. The second-order valence-electron chi connectivity index (χ2n) is 8.09. The number of halogens is 2. The van der Waals surface area contributed by atoms with Crippen molar-refractivity contribution in [1.29, 1.82) is 0 Å². The second kappa shape index (κ2) is 7.76. The summed E-state index contributed by atoms with van der Waals surface area (Å²) in [4.78, 5) is 2.52. The van der Waals surface area contributed by atoms with Gasteiger partial charge in [0.05, 0.1) is 23.2 Å². The quantitative estimate of drug-likeness (QED) is 0.649. The predicted molar refractivity (Wildman–Crippen MR) is 110 cm³/mol. The summed E-state index contributed by atoms with van der Waals surface area (Å²) in [5.41, 5.74) is 2.37. The highest BCUT2D eigenvalue weighted by Crippen LogP contribution is 2.39. The monoisotopic (exact) mass is 412 g/mol. The standard InChI is InChI=1S/C22H22ClFN4O/c23-20-2-1-17(24)9-19(20)21-3-4-22(27-26-21)25-18-7-15-11-28(12-16(15)8-18)10-14-5-6-29-13-14/h1-6,9,13,15-16,18H,7-8,10-12H2,(H,25,27)/t15-,16?,18+/m1/s1. The third-order valence-corrected chi connectivity index (χ3v) is 6.36. The zero-order valence-electron chi connectivity index (χ0n) is 15.9. The highest BCUT2D eigenvalue weighted by atomic mass is 35.5. The van der Waals surface area contributed by atoms with Crippen molar-refractivity contribution in [3.8, 4) is 11.3 Å². The van der Waals surface area contributed by atoms with Gasteiger partial charge in [-0.2, -0.15) is 0 Å². The van der Waals surface area contributed by atoms with Gasteiger partial charge in [0.2, 0.25) is 0 Å². The predicted octanol–water partition coefficient (Wildman–Crippen LogP) is 4.85. The van der Waals surface area contributed by atoms with Gasteiger partial charge in [0.25, 0.3) is 0 Å². The summed E-state index contributed by atoms with van der Waals surface area (Å²) in [7, 11) is 0. The third kappa shape index (κ3) is 4.00. The van der Waals surface area contributed by atoms with E-state index in [1.165, 1.54) is 23.8 Å². The first-order valence-corrected chi connectivity index (χ1v) is 10.3. The lowest BCUT2D eigenvalue weighted by atomic mass is 10.0. The molecule has 0 bridgehead atoms. The molecule has 2 fully saturated rings. The maximum absolute atomic E-state index is 13.5. The minimum atomic E-state index is -0.340. The molecular formula is C22H22ClFN4O. The first-order chi connectivity index (χ1) is 14.1. The molecule has 5 nitrogen and oxygen atoms in total. The summed E-state index contributed by atoms with van der Waals surface area (Å²) in [5.74, 6) is 1.85. The number of benzene rings is 1. The minimum Gasteiger partial charge on any atom is -0.472 e. The molecule has 150 valence electrons. The molecule has 0 spiro atoms. The Hall–Kier alpha value is -2.44. The lowest BCUT2D eigenvalue weighted by Crippen LogP contribution is -2.25. The van der Waals surface area contributed by atoms with Crippen LogP contribution in [0.1, 0.15) is 18.4 Å². The molecule has 1 aromatic carbocycles. The molecule has 3 heterocycles. The molecule has 1 aliphatic heterocycles. The molecule has 1 saturated carbocycles. The van der Waals surface area contributed by atoms with Crippen molar-refractivity contribution < 1.29 is 8.81 Å². The lowest BCUT2D eigenvalue weighted by molar-refractivity contribution is 0.300. The molecule has 1 saturated heterocycles. The maximum Gasteiger partial charge on any atom is 0.148 e. The number of nitrogens with zero attached hydrogens (tertiary/aromatic N) is 3. The molecule has 29 heavy (non-hydrogen) atoms. The summed E-state index contributed by atoms with van der Waals surface area (Å²) in [5, 5.41) is 12.5. The maximum atomic E-state index is 13.5. The van der Waals surface area contributed by atoms with Crippen LogP contribution in [-0.4, -0.2) is 34.2 Å². The zero-order chi connectivity index (χ0) is 19.8.